The van der Waals surface area contributed by atoms with Gasteiger partial charge in [-0.15, -0.1) is 0 Å². The molecule has 1 rings (SSSR count). The molecule has 0 amide bonds. The third-order valence-corrected chi connectivity index (χ3v) is 5.48. The molecule has 1 fully saturated rings. The van der Waals surface area contributed by atoms with Crippen LogP contribution in [0.15, 0.2) is 0 Å². The molecule has 0 aliphatic heterocycles. The van der Waals surface area contributed by atoms with E-state index in [-0.39, 0.29) is 0 Å². The van der Waals surface area contributed by atoms with Gasteiger partial charge in [-0.1, -0.05) is 27.7 Å². The zero-order valence-corrected chi connectivity index (χ0v) is 15.4. The molecule has 3 nitrogen and oxygen atoms in total. The third-order valence-electron chi connectivity index (χ3n) is 5.48. The lowest BCUT2D eigenvalue weighted by atomic mass is 9.67. The van der Waals surface area contributed by atoms with Crippen molar-refractivity contribution in [1.82, 2.24) is 10.2 Å². The minimum absolute atomic E-state index is 0.437. The van der Waals surface area contributed by atoms with Crippen molar-refractivity contribution in [2.75, 3.05) is 33.9 Å². The number of likely N-dealkylation sites (N-methyl/N-ethyl adjacent to an activating group) is 1. The van der Waals surface area contributed by atoms with Crippen LogP contribution in [0.3, 0.4) is 0 Å². The van der Waals surface area contributed by atoms with Gasteiger partial charge in [-0.05, 0) is 57.0 Å². The average Bonchev–Trinajstić information content (AvgIpc) is 2.43. The number of ether oxygens (including phenoxy) is 1. The Hall–Kier alpha value is -0.120. The largest absolute Gasteiger partial charge is 0.383 e. The van der Waals surface area contributed by atoms with Crippen molar-refractivity contribution < 1.29 is 4.74 Å². The van der Waals surface area contributed by atoms with E-state index in [1.165, 1.54) is 25.8 Å². The minimum atomic E-state index is 0.437. The molecule has 0 radical (unpaired) electrons. The summed E-state index contributed by atoms with van der Waals surface area (Å²) in [6, 6.07) is 1.18. The van der Waals surface area contributed by atoms with Gasteiger partial charge in [0.05, 0.1) is 6.61 Å². The second kappa shape index (κ2) is 8.50. The predicted molar refractivity (Wildman–Crippen MR) is 91.7 cm³/mol. The summed E-state index contributed by atoms with van der Waals surface area (Å²) in [5, 5.41) is 3.57. The summed E-state index contributed by atoms with van der Waals surface area (Å²) in [6.07, 6.45) is 4.04. The van der Waals surface area contributed by atoms with Crippen molar-refractivity contribution in [1.29, 1.82) is 0 Å². The molecule has 0 aromatic carbocycles. The van der Waals surface area contributed by atoms with E-state index in [0.29, 0.717) is 17.5 Å². The van der Waals surface area contributed by atoms with Crippen LogP contribution >= 0.6 is 0 Å². The van der Waals surface area contributed by atoms with Gasteiger partial charge in [0.1, 0.15) is 0 Å². The van der Waals surface area contributed by atoms with Crippen LogP contribution in [0.25, 0.3) is 0 Å². The van der Waals surface area contributed by atoms with Gasteiger partial charge in [0.25, 0.3) is 0 Å². The lowest BCUT2D eigenvalue weighted by molar-refractivity contribution is 0.0555. The van der Waals surface area contributed by atoms with Gasteiger partial charge in [0, 0.05) is 25.7 Å². The Kier molecular flexibility index (Phi) is 7.66. The highest BCUT2D eigenvalue weighted by Gasteiger charge is 2.36. The summed E-state index contributed by atoms with van der Waals surface area (Å²) >= 11 is 0. The van der Waals surface area contributed by atoms with E-state index in [2.05, 4.69) is 51.9 Å². The van der Waals surface area contributed by atoms with Gasteiger partial charge in [-0.2, -0.15) is 0 Å². The molecule has 4 atom stereocenters. The number of nitrogens with zero attached hydrogens (tertiary/aromatic N) is 1. The summed E-state index contributed by atoms with van der Waals surface area (Å²) in [5.74, 6) is 1.61. The van der Waals surface area contributed by atoms with Crippen LogP contribution in [0.1, 0.15) is 53.9 Å². The smallest absolute Gasteiger partial charge is 0.0615 e. The number of hydrogen-bond acceptors (Lipinski definition) is 3. The first kappa shape index (κ1) is 18.9. The fourth-order valence-corrected chi connectivity index (χ4v) is 3.90. The van der Waals surface area contributed by atoms with E-state index < -0.39 is 0 Å². The molecular weight excluding hydrogens is 260 g/mol. The van der Waals surface area contributed by atoms with Crippen LogP contribution in [0.5, 0.6) is 0 Å². The summed E-state index contributed by atoms with van der Waals surface area (Å²) in [6.45, 7) is 14.9. The van der Waals surface area contributed by atoms with Gasteiger partial charge in [-0.25, -0.2) is 0 Å². The van der Waals surface area contributed by atoms with Crippen molar-refractivity contribution in [3.05, 3.63) is 0 Å². The molecule has 21 heavy (non-hydrogen) atoms. The predicted octanol–water partition coefficient (Wildman–Crippen LogP) is 3.39. The van der Waals surface area contributed by atoms with Crippen molar-refractivity contribution in [3.63, 3.8) is 0 Å². The molecule has 0 heterocycles. The Morgan fingerprint density at radius 2 is 1.95 bits per heavy atom. The molecule has 0 saturated heterocycles. The third kappa shape index (κ3) is 5.54. The second-order valence-corrected chi connectivity index (χ2v) is 7.92. The SMILES string of the molecule is CCN(CC1CC(C(C)(C)C)CCC1NC)C(C)COC. The van der Waals surface area contributed by atoms with Crippen molar-refractivity contribution in [3.8, 4) is 0 Å². The van der Waals surface area contributed by atoms with Crippen LogP contribution in [-0.4, -0.2) is 50.8 Å². The summed E-state index contributed by atoms with van der Waals surface area (Å²) < 4.78 is 5.35. The Morgan fingerprint density at radius 3 is 2.43 bits per heavy atom. The first-order valence-electron chi connectivity index (χ1n) is 8.73. The number of nitrogens with one attached hydrogen (secondary N) is 1. The van der Waals surface area contributed by atoms with Crippen LogP contribution in [-0.2, 0) is 4.74 Å². The fourth-order valence-electron chi connectivity index (χ4n) is 3.90. The van der Waals surface area contributed by atoms with Crippen molar-refractivity contribution >= 4 is 0 Å². The Balaban J connectivity index is 2.70. The summed E-state index contributed by atoms with van der Waals surface area (Å²) in [7, 11) is 3.93. The standard InChI is InChI=1S/C18H38N2O/c1-8-20(14(2)13-21-7)12-15-11-16(18(3,4)5)9-10-17(15)19-6/h14-17,19H,8-13H2,1-7H3. The maximum Gasteiger partial charge on any atom is 0.0615 e. The first-order valence-corrected chi connectivity index (χ1v) is 8.73. The van der Waals surface area contributed by atoms with Crippen molar-refractivity contribution in [2.24, 2.45) is 17.3 Å². The van der Waals surface area contributed by atoms with E-state index in [4.69, 9.17) is 4.74 Å². The van der Waals surface area contributed by atoms with Crippen LogP contribution in [0.4, 0.5) is 0 Å². The zero-order chi connectivity index (χ0) is 16.0. The lowest BCUT2D eigenvalue weighted by Gasteiger charge is -2.44. The summed E-state index contributed by atoms with van der Waals surface area (Å²) in [5.41, 5.74) is 0.437. The topological polar surface area (TPSA) is 24.5 Å². The van der Waals surface area contributed by atoms with E-state index >= 15 is 0 Å². The minimum Gasteiger partial charge on any atom is -0.383 e. The fraction of sp³-hybridized carbons (Fsp3) is 1.00. The number of hydrogen-bond donors (Lipinski definition) is 1. The number of methoxy groups -OCH3 is 1. The quantitative estimate of drug-likeness (QED) is 0.779. The Labute approximate surface area is 132 Å². The molecule has 3 heteroatoms. The Morgan fingerprint density at radius 1 is 1.29 bits per heavy atom. The molecule has 0 bridgehead atoms. The summed E-state index contributed by atoms with van der Waals surface area (Å²) in [4.78, 5) is 2.59. The van der Waals surface area contributed by atoms with Crippen molar-refractivity contribution in [2.45, 2.75) is 66.0 Å². The maximum absolute atomic E-state index is 5.35. The molecule has 1 aliphatic carbocycles. The van der Waals surface area contributed by atoms with E-state index in [1.54, 1.807) is 7.11 Å². The van der Waals surface area contributed by atoms with E-state index in [9.17, 15) is 0 Å². The highest BCUT2D eigenvalue weighted by molar-refractivity contribution is 4.90. The van der Waals surface area contributed by atoms with Crippen LogP contribution in [0, 0.1) is 17.3 Å². The monoisotopic (exact) mass is 298 g/mol. The highest BCUT2D eigenvalue weighted by Crippen LogP contribution is 2.40. The van der Waals surface area contributed by atoms with E-state index in [0.717, 1.165) is 25.0 Å². The van der Waals surface area contributed by atoms with Crippen LogP contribution in [0.2, 0.25) is 0 Å². The molecule has 126 valence electrons. The average molecular weight is 299 g/mol. The molecule has 0 aromatic rings. The van der Waals surface area contributed by atoms with Gasteiger partial charge in [-0.3, -0.25) is 4.90 Å². The lowest BCUT2D eigenvalue weighted by Crippen LogP contribution is -2.48. The van der Waals surface area contributed by atoms with Gasteiger partial charge >= 0.3 is 0 Å². The van der Waals surface area contributed by atoms with Gasteiger partial charge < -0.3 is 10.1 Å². The molecular formula is C18H38N2O. The second-order valence-electron chi connectivity index (χ2n) is 7.92. The number of rotatable bonds is 7. The molecule has 4 unspecified atom stereocenters. The highest BCUT2D eigenvalue weighted by atomic mass is 16.5. The van der Waals surface area contributed by atoms with Gasteiger partial charge in [0.15, 0.2) is 0 Å². The molecule has 0 aromatic heterocycles. The normalized spacial score (nSPS) is 28.9. The molecule has 1 aliphatic rings. The molecule has 1 saturated carbocycles. The molecule has 0 spiro atoms. The maximum atomic E-state index is 5.35. The van der Waals surface area contributed by atoms with Crippen LogP contribution < -0.4 is 5.32 Å². The van der Waals surface area contributed by atoms with E-state index in [1.807, 2.05) is 0 Å². The van der Waals surface area contributed by atoms with Gasteiger partial charge in [0.2, 0.25) is 0 Å². The first-order chi connectivity index (χ1) is 9.83. The molecule has 1 N–H and O–H groups in total. The Bertz CT molecular complexity index is 287. The zero-order valence-electron chi connectivity index (χ0n) is 15.4.